The van der Waals surface area contributed by atoms with Crippen LogP contribution in [0, 0.1) is 5.41 Å². The molecule has 3 N–H and O–H groups in total. The van der Waals surface area contributed by atoms with Crippen LogP contribution in [0.4, 0.5) is 5.69 Å². The molecule has 0 aliphatic heterocycles. The third-order valence-corrected chi connectivity index (χ3v) is 3.04. The number of aliphatic hydroxyl groups is 2. The fourth-order valence-corrected chi connectivity index (χ4v) is 1.49. The van der Waals surface area contributed by atoms with Gasteiger partial charge in [0, 0.05) is 17.6 Å². The van der Waals surface area contributed by atoms with Crippen LogP contribution in [-0.2, 0) is 0 Å². The molecule has 0 fully saturated rings. The maximum Gasteiger partial charge on any atom is 0.0523 e. The van der Waals surface area contributed by atoms with E-state index in [0.717, 1.165) is 5.69 Å². The van der Waals surface area contributed by atoms with Crippen LogP contribution in [0.1, 0.15) is 32.3 Å². The zero-order valence-electron chi connectivity index (χ0n) is 10.9. The molecule has 1 rings (SSSR count). The van der Waals surface area contributed by atoms with Crippen LogP contribution in [0.15, 0.2) is 24.3 Å². The van der Waals surface area contributed by atoms with Gasteiger partial charge in [-0.15, -0.1) is 0 Å². The van der Waals surface area contributed by atoms with Crippen LogP contribution in [0.25, 0.3) is 0 Å². The van der Waals surface area contributed by atoms with Gasteiger partial charge in [-0.25, -0.2) is 0 Å². The quantitative estimate of drug-likeness (QED) is 0.711. The molecular weight excluding hydrogens is 214 g/mol. The third kappa shape index (κ3) is 4.02. The molecule has 3 heteroatoms. The summed E-state index contributed by atoms with van der Waals surface area (Å²) in [7, 11) is 0. The second kappa shape index (κ2) is 6.03. The van der Waals surface area contributed by atoms with Gasteiger partial charge >= 0.3 is 0 Å². The highest BCUT2D eigenvalue weighted by atomic mass is 16.3. The van der Waals surface area contributed by atoms with Crippen molar-refractivity contribution in [2.45, 2.75) is 26.7 Å². The van der Waals surface area contributed by atoms with E-state index in [2.05, 4.69) is 31.3 Å². The van der Waals surface area contributed by atoms with Gasteiger partial charge in [-0.1, -0.05) is 32.9 Å². The second-order valence-corrected chi connectivity index (χ2v) is 5.26. The summed E-state index contributed by atoms with van der Waals surface area (Å²) >= 11 is 0. The van der Waals surface area contributed by atoms with E-state index >= 15 is 0 Å². The molecule has 17 heavy (non-hydrogen) atoms. The zero-order valence-corrected chi connectivity index (χ0v) is 10.9. The first-order valence-corrected chi connectivity index (χ1v) is 6.06. The summed E-state index contributed by atoms with van der Waals surface area (Å²) in [6, 6.07) is 8.24. The summed E-state index contributed by atoms with van der Waals surface area (Å²) in [6.45, 7) is 6.67. The van der Waals surface area contributed by atoms with Gasteiger partial charge in [-0.05, 0) is 23.6 Å². The molecule has 1 aromatic carbocycles. The molecule has 96 valence electrons. The van der Waals surface area contributed by atoms with Crippen molar-refractivity contribution in [2.24, 2.45) is 5.41 Å². The van der Waals surface area contributed by atoms with Crippen molar-refractivity contribution in [3.05, 3.63) is 29.8 Å². The van der Waals surface area contributed by atoms with Gasteiger partial charge in [0.1, 0.15) is 0 Å². The lowest BCUT2D eigenvalue weighted by Crippen LogP contribution is -2.34. The summed E-state index contributed by atoms with van der Waals surface area (Å²) in [4.78, 5) is 0. The number of rotatable bonds is 6. The van der Waals surface area contributed by atoms with E-state index in [1.807, 2.05) is 19.1 Å². The number of aliphatic hydroxyl groups excluding tert-OH is 2. The number of anilines is 1. The Kier molecular flexibility index (Phi) is 4.97. The fourth-order valence-electron chi connectivity index (χ4n) is 1.49. The molecule has 3 nitrogen and oxygen atoms in total. The standard InChI is InChI=1S/C14H23NO2/c1-11(2)12-5-4-6-13(7-12)15-8-14(3,9-16)10-17/h4-7,11,15-17H,8-10H2,1-3H3. The van der Waals surface area contributed by atoms with Gasteiger partial charge in [0.15, 0.2) is 0 Å². The van der Waals surface area contributed by atoms with E-state index in [4.69, 9.17) is 0 Å². The Hall–Kier alpha value is -1.06. The molecule has 0 spiro atoms. The predicted octanol–water partition coefficient (Wildman–Crippen LogP) is 2.21. The maximum absolute atomic E-state index is 9.21. The van der Waals surface area contributed by atoms with Crippen molar-refractivity contribution >= 4 is 5.69 Å². The Morgan fingerprint density at radius 1 is 1.24 bits per heavy atom. The molecule has 0 aromatic heterocycles. The molecule has 0 aliphatic rings. The van der Waals surface area contributed by atoms with E-state index in [-0.39, 0.29) is 13.2 Å². The summed E-state index contributed by atoms with van der Waals surface area (Å²) in [5.74, 6) is 0.499. The molecule has 0 unspecified atom stereocenters. The van der Waals surface area contributed by atoms with Gasteiger partial charge < -0.3 is 15.5 Å². The SMILES string of the molecule is CC(C)c1cccc(NCC(C)(CO)CO)c1. The topological polar surface area (TPSA) is 52.5 Å². The molecule has 0 saturated heterocycles. The molecule has 0 saturated carbocycles. The first-order chi connectivity index (χ1) is 8.00. The average molecular weight is 237 g/mol. The minimum atomic E-state index is -0.478. The van der Waals surface area contributed by atoms with Crippen molar-refractivity contribution < 1.29 is 10.2 Å². The molecule has 0 amide bonds. The van der Waals surface area contributed by atoms with Crippen molar-refractivity contribution in [2.75, 3.05) is 25.1 Å². The van der Waals surface area contributed by atoms with E-state index in [1.54, 1.807) is 0 Å². The Morgan fingerprint density at radius 2 is 1.88 bits per heavy atom. The molecule has 0 atom stereocenters. The van der Waals surface area contributed by atoms with Crippen molar-refractivity contribution in [3.8, 4) is 0 Å². The molecular formula is C14H23NO2. The van der Waals surface area contributed by atoms with Gasteiger partial charge in [0.25, 0.3) is 0 Å². The van der Waals surface area contributed by atoms with Crippen molar-refractivity contribution in [1.82, 2.24) is 0 Å². The normalized spacial score (nSPS) is 11.9. The van der Waals surface area contributed by atoms with Crippen LogP contribution in [0.3, 0.4) is 0 Å². The van der Waals surface area contributed by atoms with Crippen LogP contribution >= 0.6 is 0 Å². The molecule has 0 bridgehead atoms. The molecule has 1 aromatic rings. The highest BCUT2D eigenvalue weighted by Crippen LogP contribution is 2.20. The minimum Gasteiger partial charge on any atom is -0.396 e. The summed E-state index contributed by atoms with van der Waals surface area (Å²) < 4.78 is 0. The number of hydrogen-bond donors (Lipinski definition) is 3. The Balaban J connectivity index is 2.66. The van der Waals surface area contributed by atoms with Gasteiger partial charge in [0.05, 0.1) is 13.2 Å². The third-order valence-electron chi connectivity index (χ3n) is 3.04. The second-order valence-electron chi connectivity index (χ2n) is 5.26. The van der Waals surface area contributed by atoms with Crippen LogP contribution in [0.5, 0.6) is 0 Å². The zero-order chi connectivity index (χ0) is 12.9. The Morgan fingerprint density at radius 3 is 2.41 bits per heavy atom. The first-order valence-electron chi connectivity index (χ1n) is 6.06. The van der Waals surface area contributed by atoms with E-state index < -0.39 is 5.41 Å². The van der Waals surface area contributed by atoms with Crippen molar-refractivity contribution in [1.29, 1.82) is 0 Å². The lowest BCUT2D eigenvalue weighted by atomic mass is 9.93. The van der Waals surface area contributed by atoms with Gasteiger partial charge in [-0.2, -0.15) is 0 Å². The molecule has 0 aliphatic carbocycles. The van der Waals surface area contributed by atoms with E-state index in [0.29, 0.717) is 12.5 Å². The van der Waals surface area contributed by atoms with Crippen LogP contribution in [-0.4, -0.2) is 30.0 Å². The fraction of sp³-hybridized carbons (Fsp3) is 0.571. The van der Waals surface area contributed by atoms with E-state index in [1.165, 1.54) is 5.56 Å². The van der Waals surface area contributed by atoms with Crippen molar-refractivity contribution in [3.63, 3.8) is 0 Å². The Labute approximate surface area is 103 Å². The number of benzene rings is 1. The monoisotopic (exact) mass is 237 g/mol. The minimum absolute atomic E-state index is 0.0274. The molecule has 0 heterocycles. The van der Waals surface area contributed by atoms with Gasteiger partial charge in [-0.3, -0.25) is 0 Å². The lowest BCUT2D eigenvalue weighted by molar-refractivity contribution is 0.0806. The van der Waals surface area contributed by atoms with E-state index in [9.17, 15) is 10.2 Å². The smallest absolute Gasteiger partial charge is 0.0523 e. The summed E-state index contributed by atoms with van der Waals surface area (Å²) in [5, 5.41) is 21.7. The highest BCUT2D eigenvalue weighted by molar-refractivity contribution is 5.46. The lowest BCUT2D eigenvalue weighted by Gasteiger charge is -2.25. The summed E-state index contributed by atoms with van der Waals surface area (Å²) in [6.07, 6.45) is 0. The Bertz CT molecular complexity index is 346. The number of hydrogen-bond acceptors (Lipinski definition) is 3. The van der Waals surface area contributed by atoms with Crippen LogP contribution in [0.2, 0.25) is 0 Å². The highest BCUT2D eigenvalue weighted by Gasteiger charge is 2.21. The van der Waals surface area contributed by atoms with Gasteiger partial charge in [0.2, 0.25) is 0 Å². The first kappa shape index (κ1) is 14.0. The predicted molar refractivity (Wildman–Crippen MR) is 71.3 cm³/mol. The number of nitrogens with one attached hydrogen (secondary N) is 1. The molecule has 0 radical (unpaired) electrons. The average Bonchev–Trinajstić information content (AvgIpc) is 2.36. The summed E-state index contributed by atoms with van der Waals surface area (Å²) in [5.41, 5.74) is 1.84. The van der Waals surface area contributed by atoms with Crippen LogP contribution < -0.4 is 5.32 Å². The largest absolute Gasteiger partial charge is 0.396 e. The maximum atomic E-state index is 9.21.